The van der Waals surface area contributed by atoms with Gasteiger partial charge in [0.15, 0.2) is 0 Å². The number of hydrogen-bond acceptors (Lipinski definition) is 3. The van der Waals surface area contributed by atoms with Crippen LogP contribution in [-0.2, 0) is 14.3 Å². The maximum atomic E-state index is 10.7. The third-order valence-electron chi connectivity index (χ3n) is 0.819. The fourth-order valence-electron chi connectivity index (χ4n) is 0.429. The van der Waals surface area contributed by atoms with Gasteiger partial charge >= 0.3 is 5.97 Å². The first kappa shape index (κ1) is 9.88. The van der Waals surface area contributed by atoms with Crippen LogP contribution >= 0.6 is 0 Å². The Bertz CT molecular complexity index is 188. The van der Waals surface area contributed by atoms with Gasteiger partial charge in [-0.25, -0.2) is 0 Å². The van der Waals surface area contributed by atoms with Crippen LogP contribution < -0.4 is 0 Å². The van der Waals surface area contributed by atoms with Crippen molar-refractivity contribution < 1.29 is 14.3 Å². The molecule has 0 aliphatic carbocycles. The van der Waals surface area contributed by atoms with Crippen LogP contribution in [0.1, 0.15) is 27.2 Å². The summed E-state index contributed by atoms with van der Waals surface area (Å²) in [4.78, 5) is 21.0. The van der Waals surface area contributed by atoms with Gasteiger partial charge in [0.05, 0.1) is 6.26 Å². The quantitative estimate of drug-likeness (QED) is 0.352. The van der Waals surface area contributed by atoms with Gasteiger partial charge in [0.25, 0.3) is 0 Å². The predicted molar refractivity (Wildman–Crippen MR) is 40.8 cm³/mol. The number of rotatable bonds is 3. The summed E-state index contributed by atoms with van der Waals surface area (Å²) in [7, 11) is 0. The van der Waals surface area contributed by atoms with E-state index in [2.05, 4.69) is 4.74 Å². The fraction of sp³-hybridized carbons (Fsp3) is 0.500. The summed E-state index contributed by atoms with van der Waals surface area (Å²) < 4.78 is 4.59. The third kappa shape index (κ3) is 6.77. The van der Waals surface area contributed by atoms with Gasteiger partial charge in [0.1, 0.15) is 12.2 Å². The van der Waals surface area contributed by atoms with Gasteiger partial charge in [-0.2, -0.15) is 0 Å². The summed E-state index contributed by atoms with van der Waals surface area (Å²) in [6.07, 6.45) is 1.19. The Balaban J connectivity index is 3.71. The molecule has 0 bridgehead atoms. The average Bonchev–Trinajstić information content (AvgIpc) is 1.82. The van der Waals surface area contributed by atoms with Crippen LogP contribution in [0, 0.1) is 0 Å². The van der Waals surface area contributed by atoms with Gasteiger partial charge in [-0.1, -0.05) is 0 Å². The highest BCUT2D eigenvalue weighted by molar-refractivity contribution is 5.94. The Morgan fingerprint density at radius 3 is 2.18 bits per heavy atom. The minimum Gasteiger partial charge on any atom is -0.434 e. The van der Waals surface area contributed by atoms with Crippen LogP contribution in [0.2, 0.25) is 0 Å². The number of ketones is 1. The van der Waals surface area contributed by atoms with Crippen molar-refractivity contribution in [1.82, 2.24) is 0 Å². The number of hydrogen-bond donors (Lipinski definition) is 0. The van der Waals surface area contributed by atoms with Gasteiger partial charge in [0, 0.05) is 0 Å². The van der Waals surface area contributed by atoms with E-state index in [1.807, 2.05) is 0 Å². The number of allylic oxidation sites excluding steroid dienone is 1. The first-order chi connectivity index (χ1) is 5.02. The lowest BCUT2D eigenvalue weighted by Crippen LogP contribution is -2.05. The van der Waals surface area contributed by atoms with Crippen molar-refractivity contribution in [2.45, 2.75) is 27.2 Å². The Labute approximate surface area is 66.0 Å². The molecule has 0 saturated heterocycles. The fourth-order valence-corrected chi connectivity index (χ4v) is 0.429. The highest BCUT2D eigenvalue weighted by Crippen LogP contribution is 1.93. The molecule has 0 aromatic heterocycles. The Kier molecular flexibility index (Phi) is 4.18. The lowest BCUT2D eigenvalue weighted by molar-refractivity contribution is -0.140. The second-order valence-corrected chi connectivity index (χ2v) is 2.56. The first-order valence-electron chi connectivity index (χ1n) is 3.34. The Hall–Kier alpha value is -1.12. The average molecular weight is 156 g/mol. The van der Waals surface area contributed by atoms with Crippen LogP contribution in [0.15, 0.2) is 11.8 Å². The number of Topliss-reactive ketones (excluding diaryl/α,β-unsaturated/α-hetero) is 1. The van der Waals surface area contributed by atoms with Gasteiger partial charge in [-0.3, -0.25) is 9.59 Å². The molecular weight excluding hydrogens is 144 g/mol. The standard InChI is InChI=1S/C8H12O3/c1-6(2)5-11-8(10)4-7(3)9/h5H,4H2,1-3H3. The zero-order valence-corrected chi connectivity index (χ0v) is 7.01. The molecule has 0 saturated carbocycles. The highest BCUT2D eigenvalue weighted by Gasteiger charge is 2.03. The van der Waals surface area contributed by atoms with Crippen molar-refractivity contribution in [3.8, 4) is 0 Å². The summed E-state index contributed by atoms with van der Waals surface area (Å²) in [5.74, 6) is -0.684. The van der Waals surface area contributed by atoms with Crippen molar-refractivity contribution >= 4 is 11.8 Å². The van der Waals surface area contributed by atoms with E-state index in [1.54, 1.807) is 13.8 Å². The number of carbonyl (C=O) groups excluding carboxylic acids is 2. The number of ether oxygens (including phenoxy) is 1. The SMILES string of the molecule is CC(=O)CC(=O)OC=C(C)C. The molecule has 0 rings (SSSR count). The van der Waals surface area contributed by atoms with Crippen LogP contribution in [0.3, 0.4) is 0 Å². The van der Waals surface area contributed by atoms with Gasteiger partial charge in [0.2, 0.25) is 0 Å². The van der Waals surface area contributed by atoms with E-state index in [4.69, 9.17) is 0 Å². The number of esters is 1. The van der Waals surface area contributed by atoms with Crippen LogP contribution in [-0.4, -0.2) is 11.8 Å². The molecule has 62 valence electrons. The summed E-state index contributed by atoms with van der Waals surface area (Å²) in [6, 6.07) is 0. The van der Waals surface area contributed by atoms with E-state index in [0.29, 0.717) is 0 Å². The molecule has 11 heavy (non-hydrogen) atoms. The molecule has 0 radical (unpaired) electrons. The van der Waals surface area contributed by atoms with Gasteiger partial charge in [-0.05, 0) is 26.3 Å². The predicted octanol–water partition coefficient (Wildman–Crippen LogP) is 1.43. The largest absolute Gasteiger partial charge is 0.434 e. The summed E-state index contributed by atoms with van der Waals surface area (Å²) in [5.41, 5.74) is 0.891. The van der Waals surface area contributed by atoms with Crippen LogP contribution in [0.25, 0.3) is 0 Å². The summed E-state index contributed by atoms with van der Waals surface area (Å²) >= 11 is 0. The van der Waals surface area contributed by atoms with E-state index in [1.165, 1.54) is 13.2 Å². The first-order valence-corrected chi connectivity index (χ1v) is 3.34. The van der Waals surface area contributed by atoms with E-state index in [-0.39, 0.29) is 12.2 Å². The molecule has 3 heteroatoms. The molecule has 0 aromatic carbocycles. The molecule has 0 aliphatic rings. The second kappa shape index (κ2) is 4.66. The van der Waals surface area contributed by atoms with Gasteiger partial charge < -0.3 is 4.74 Å². The minimum atomic E-state index is -0.501. The lowest BCUT2D eigenvalue weighted by Gasteiger charge is -1.95. The lowest BCUT2D eigenvalue weighted by atomic mass is 10.3. The number of carbonyl (C=O) groups is 2. The monoisotopic (exact) mass is 156 g/mol. The zero-order chi connectivity index (χ0) is 8.85. The highest BCUT2D eigenvalue weighted by atomic mass is 16.5. The molecule has 0 heterocycles. The molecule has 0 spiro atoms. The van der Waals surface area contributed by atoms with Crippen molar-refractivity contribution in [2.24, 2.45) is 0 Å². The second-order valence-electron chi connectivity index (χ2n) is 2.56. The molecule has 0 unspecified atom stereocenters. The smallest absolute Gasteiger partial charge is 0.318 e. The molecule has 0 fully saturated rings. The third-order valence-corrected chi connectivity index (χ3v) is 0.819. The Morgan fingerprint density at radius 2 is 1.82 bits per heavy atom. The molecular formula is C8H12O3. The Morgan fingerprint density at radius 1 is 1.27 bits per heavy atom. The maximum Gasteiger partial charge on any atom is 0.318 e. The summed E-state index contributed by atoms with van der Waals surface area (Å²) in [5, 5.41) is 0. The molecule has 0 N–H and O–H groups in total. The van der Waals surface area contributed by atoms with E-state index in [9.17, 15) is 9.59 Å². The van der Waals surface area contributed by atoms with Crippen molar-refractivity contribution in [3.63, 3.8) is 0 Å². The van der Waals surface area contributed by atoms with E-state index >= 15 is 0 Å². The molecule has 0 aliphatic heterocycles. The van der Waals surface area contributed by atoms with Crippen molar-refractivity contribution in [3.05, 3.63) is 11.8 Å². The van der Waals surface area contributed by atoms with Crippen molar-refractivity contribution in [2.75, 3.05) is 0 Å². The topological polar surface area (TPSA) is 43.4 Å². The molecule has 0 aromatic rings. The van der Waals surface area contributed by atoms with E-state index < -0.39 is 5.97 Å². The van der Waals surface area contributed by atoms with Gasteiger partial charge in [-0.15, -0.1) is 0 Å². The van der Waals surface area contributed by atoms with Crippen molar-refractivity contribution in [1.29, 1.82) is 0 Å². The molecule has 3 nitrogen and oxygen atoms in total. The maximum absolute atomic E-state index is 10.7. The van der Waals surface area contributed by atoms with Crippen LogP contribution in [0.5, 0.6) is 0 Å². The minimum absolute atomic E-state index is 0.149. The zero-order valence-electron chi connectivity index (χ0n) is 7.01. The molecule has 0 amide bonds. The molecule has 0 atom stereocenters. The van der Waals surface area contributed by atoms with E-state index in [0.717, 1.165) is 5.57 Å². The van der Waals surface area contributed by atoms with Crippen LogP contribution in [0.4, 0.5) is 0 Å². The summed E-state index contributed by atoms with van der Waals surface area (Å²) in [6.45, 7) is 4.96. The normalized spacial score (nSPS) is 8.64.